The van der Waals surface area contributed by atoms with Crippen molar-refractivity contribution in [2.24, 2.45) is 5.10 Å². The molecule has 2 rings (SSSR count). The van der Waals surface area contributed by atoms with Crippen LogP contribution in [0.1, 0.15) is 24.0 Å². The van der Waals surface area contributed by atoms with Crippen LogP contribution in [0.5, 0.6) is 5.75 Å². The van der Waals surface area contributed by atoms with Gasteiger partial charge in [-0.3, -0.25) is 5.43 Å². The number of thiocarbonyl (C=S) groups is 1. The lowest BCUT2D eigenvalue weighted by atomic mass is 9.90. The standard InChI is InChI=1S/C13H17N3OS/c1-14-13(18)16-15-12-5-3-4-9-8-10(17-2)6-7-11(9)12/h6-8H,3-5H2,1-2H3,(H2,14,16,18)/b15-12-. The van der Waals surface area contributed by atoms with Gasteiger partial charge in [-0.15, -0.1) is 0 Å². The highest BCUT2D eigenvalue weighted by molar-refractivity contribution is 7.80. The SMILES string of the molecule is CNC(=S)N/N=C1/CCCc2cc(OC)ccc21. The Bertz CT molecular complexity index is 485. The van der Waals surface area contributed by atoms with Crippen molar-refractivity contribution in [1.29, 1.82) is 0 Å². The first-order valence-electron chi connectivity index (χ1n) is 5.96. The highest BCUT2D eigenvalue weighted by atomic mass is 32.1. The quantitative estimate of drug-likeness (QED) is 0.631. The molecule has 0 radical (unpaired) electrons. The van der Waals surface area contributed by atoms with Crippen LogP contribution in [0.3, 0.4) is 0 Å². The second kappa shape index (κ2) is 5.82. The predicted molar refractivity (Wildman–Crippen MR) is 77.3 cm³/mol. The van der Waals surface area contributed by atoms with Crippen molar-refractivity contribution in [2.45, 2.75) is 19.3 Å². The molecule has 0 heterocycles. The lowest BCUT2D eigenvalue weighted by molar-refractivity contribution is 0.414. The maximum atomic E-state index is 5.24. The maximum Gasteiger partial charge on any atom is 0.186 e. The minimum Gasteiger partial charge on any atom is -0.497 e. The number of benzene rings is 1. The van der Waals surface area contributed by atoms with E-state index in [-0.39, 0.29) is 0 Å². The van der Waals surface area contributed by atoms with Gasteiger partial charge in [0.2, 0.25) is 0 Å². The molecule has 96 valence electrons. The molecular formula is C13H17N3OS. The highest BCUT2D eigenvalue weighted by Gasteiger charge is 2.16. The largest absolute Gasteiger partial charge is 0.497 e. The van der Waals surface area contributed by atoms with Gasteiger partial charge in [-0.1, -0.05) is 0 Å². The minimum absolute atomic E-state index is 0.531. The fourth-order valence-electron chi connectivity index (χ4n) is 2.06. The van der Waals surface area contributed by atoms with Crippen molar-refractivity contribution in [3.63, 3.8) is 0 Å². The van der Waals surface area contributed by atoms with Crippen LogP contribution in [0.4, 0.5) is 0 Å². The Kier molecular flexibility index (Phi) is 4.15. The van der Waals surface area contributed by atoms with Crippen molar-refractivity contribution >= 4 is 23.0 Å². The smallest absolute Gasteiger partial charge is 0.186 e. The van der Waals surface area contributed by atoms with E-state index in [4.69, 9.17) is 17.0 Å². The molecule has 0 aromatic heterocycles. The van der Waals surface area contributed by atoms with E-state index in [9.17, 15) is 0 Å². The first-order chi connectivity index (χ1) is 8.74. The summed E-state index contributed by atoms with van der Waals surface area (Å²) in [6, 6.07) is 6.12. The van der Waals surface area contributed by atoms with Crippen molar-refractivity contribution < 1.29 is 4.74 Å². The molecule has 5 heteroatoms. The Hall–Kier alpha value is -1.62. The van der Waals surface area contributed by atoms with Crippen LogP contribution in [0.15, 0.2) is 23.3 Å². The lowest BCUT2D eigenvalue weighted by Gasteiger charge is -2.18. The molecule has 0 fully saturated rings. The second-order valence-corrected chi connectivity index (χ2v) is 4.53. The Balaban J connectivity index is 2.25. The average molecular weight is 263 g/mol. The molecule has 0 amide bonds. The average Bonchev–Trinajstić information content (AvgIpc) is 2.43. The molecule has 1 aromatic carbocycles. The number of hydrogen-bond acceptors (Lipinski definition) is 3. The second-order valence-electron chi connectivity index (χ2n) is 4.13. The summed E-state index contributed by atoms with van der Waals surface area (Å²) < 4.78 is 5.24. The van der Waals surface area contributed by atoms with E-state index in [2.05, 4.69) is 28.0 Å². The molecule has 0 spiro atoms. The number of hydrogen-bond donors (Lipinski definition) is 2. The molecule has 0 saturated carbocycles. The van der Waals surface area contributed by atoms with E-state index in [1.165, 1.54) is 11.1 Å². The number of fused-ring (bicyclic) bond motifs is 1. The van der Waals surface area contributed by atoms with Gasteiger partial charge in [0.05, 0.1) is 12.8 Å². The van der Waals surface area contributed by atoms with Gasteiger partial charge < -0.3 is 10.1 Å². The molecule has 1 aromatic rings. The summed E-state index contributed by atoms with van der Waals surface area (Å²) in [7, 11) is 3.46. The van der Waals surface area contributed by atoms with Crippen molar-refractivity contribution in [2.75, 3.05) is 14.2 Å². The number of nitrogens with one attached hydrogen (secondary N) is 2. The third kappa shape index (κ3) is 2.79. The van der Waals surface area contributed by atoms with Gasteiger partial charge in [-0.25, -0.2) is 0 Å². The van der Waals surface area contributed by atoms with Crippen LogP contribution in [-0.2, 0) is 6.42 Å². The molecule has 18 heavy (non-hydrogen) atoms. The van der Waals surface area contributed by atoms with Crippen LogP contribution in [0, 0.1) is 0 Å². The summed E-state index contributed by atoms with van der Waals surface area (Å²) in [5.41, 5.74) is 6.38. The van der Waals surface area contributed by atoms with Crippen LogP contribution in [0.2, 0.25) is 0 Å². The summed E-state index contributed by atoms with van der Waals surface area (Å²) in [6.07, 6.45) is 3.15. The maximum absolute atomic E-state index is 5.24. The Morgan fingerprint density at radius 1 is 1.39 bits per heavy atom. The third-order valence-electron chi connectivity index (χ3n) is 3.00. The summed E-state index contributed by atoms with van der Waals surface area (Å²) in [5.74, 6) is 0.897. The Labute approximate surface area is 112 Å². The molecule has 1 aliphatic carbocycles. The van der Waals surface area contributed by atoms with Crippen molar-refractivity contribution in [3.8, 4) is 5.75 Å². The first-order valence-corrected chi connectivity index (χ1v) is 6.37. The third-order valence-corrected chi connectivity index (χ3v) is 3.30. The Morgan fingerprint density at radius 3 is 2.94 bits per heavy atom. The van der Waals surface area contributed by atoms with E-state index in [1.54, 1.807) is 14.2 Å². The fourth-order valence-corrected chi connectivity index (χ4v) is 2.10. The monoisotopic (exact) mass is 263 g/mol. The van der Waals surface area contributed by atoms with Crippen LogP contribution < -0.4 is 15.5 Å². The molecular weight excluding hydrogens is 246 g/mol. The van der Waals surface area contributed by atoms with Gasteiger partial charge >= 0.3 is 0 Å². The van der Waals surface area contributed by atoms with Gasteiger partial charge in [-0.2, -0.15) is 5.10 Å². The van der Waals surface area contributed by atoms with Gasteiger partial charge in [0.25, 0.3) is 0 Å². The van der Waals surface area contributed by atoms with Gasteiger partial charge in [0, 0.05) is 12.6 Å². The Morgan fingerprint density at radius 2 is 2.22 bits per heavy atom. The van der Waals surface area contributed by atoms with Crippen LogP contribution >= 0.6 is 12.2 Å². The first kappa shape index (κ1) is 12.8. The van der Waals surface area contributed by atoms with Crippen LogP contribution in [0.25, 0.3) is 0 Å². The molecule has 2 N–H and O–H groups in total. The molecule has 0 bridgehead atoms. The summed E-state index contributed by atoms with van der Waals surface area (Å²) in [6.45, 7) is 0. The van der Waals surface area contributed by atoms with Crippen LogP contribution in [-0.4, -0.2) is 25.0 Å². The van der Waals surface area contributed by atoms with E-state index in [0.29, 0.717) is 5.11 Å². The lowest BCUT2D eigenvalue weighted by Crippen LogP contribution is -2.30. The number of ether oxygens (including phenoxy) is 1. The van der Waals surface area contributed by atoms with Crippen molar-refractivity contribution in [3.05, 3.63) is 29.3 Å². The number of rotatable bonds is 2. The zero-order valence-corrected chi connectivity index (χ0v) is 11.4. The molecule has 0 saturated heterocycles. The van der Waals surface area contributed by atoms with Crippen molar-refractivity contribution in [1.82, 2.24) is 10.7 Å². The van der Waals surface area contributed by atoms with Gasteiger partial charge in [0.15, 0.2) is 5.11 Å². The van der Waals surface area contributed by atoms with E-state index in [1.807, 2.05) is 6.07 Å². The summed E-state index contributed by atoms with van der Waals surface area (Å²) in [4.78, 5) is 0. The number of nitrogens with zero attached hydrogens (tertiary/aromatic N) is 1. The predicted octanol–water partition coefficient (Wildman–Crippen LogP) is 1.83. The summed E-state index contributed by atoms with van der Waals surface area (Å²) >= 11 is 5.01. The molecule has 0 aliphatic heterocycles. The fraction of sp³-hybridized carbons (Fsp3) is 0.385. The number of aryl methyl sites for hydroxylation is 1. The van der Waals surface area contributed by atoms with E-state index >= 15 is 0 Å². The summed E-state index contributed by atoms with van der Waals surface area (Å²) in [5, 5.41) is 7.74. The molecule has 0 atom stereocenters. The molecule has 0 unspecified atom stereocenters. The highest BCUT2D eigenvalue weighted by Crippen LogP contribution is 2.25. The van der Waals surface area contributed by atoms with Gasteiger partial charge in [0.1, 0.15) is 5.75 Å². The molecule has 1 aliphatic rings. The van der Waals surface area contributed by atoms with E-state index < -0.39 is 0 Å². The van der Waals surface area contributed by atoms with Gasteiger partial charge in [-0.05, 0) is 55.2 Å². The topological polar surface area (TPSA) is 45.7 Å². The van der Waals surface area contributed by atoms with E-state index in [0.717, 1.165) is 30.7 Å². The minimum atomic E-state index is 0.531. The normalized spacial score (nSPS) is 16.0. The number of methoxy groups -OCH3 is 1. The zero-order chi connectivity index (χ0) is 13.0. The number of hydrazone groups is 1. The molecule has 4 nitrogen and oxygen atoms in total. The zero-order valence-electron chi connectivity index (χ0n) is 10.6.